The van der Waals surface area contributed by atoms with Crippen LogP contribution in [0.2, 0.25) is 18.1 Å². The van der Waals surface area contributed by atoms with Crippen molar-refractivity contribution >= 4 is 14.3 Å². The zero-order chi connectivity index (χ0) is 29.8. The van der Waals surface area contributed by atoms with E-state index < -0.39 is 8.32 Å². The fraction of sp³-hybridized carbons (Fsp3) is 0.966. The summed E-state index contributed by atoms with van der Waals surface area (Å²) in [6.45, 7) is 21.4. The Morgan fingerprint density at radius 1 is 0.525 bits per heavy atom. The Balaban J connectivity index is 3.18. The van der Waals surface area contributed by atoms with Gasteiger partial charge in [0.25, 0.3) is 0 Å². The number of unbranched alkanes of at least 4 members (excludes halogenated alkanes) is 3. The molecule has 0 fully saturated rings. The molecule has 0 amide bonds. The molecule has 11 heteroatoms. The van der Waals surface area contributed by atoms with Crippen molar-refractivity contribution in [3.05, 3.63) is 0 Å². The second kappa shape index (κ2) is 27.2. The standard InChI is InChI=1S/C29H60O10Si/c1-7-8-9-10-11-28(30)38-26-24-36-22-20-34-18-16-32-14-12-31-13-15-33-17-19-35-21-23-37-25-27-39-40(5,6)29(2,3)4/h7-27H2,1-6H3. The van der Waals surface area contributed by atoms with Crippen LogP contribution in [0.1, 0.15) is 59.8 Å². The molecule has 0 unspecified atom stereocenters. The van der Waals surface area contributed by atoms with Crippen molar-refractivity contribution in [2.45, 2.75) is 77.9 Å². The zero-order valence-corrected chi connectivity index (χ0v) is 27.4. The fourth-order valence-corrected chi connectivity index (χ4v) is 4.00. The molecule has 240 valence electrons. The summed E-state index contributed by atoms with van der Waals surface area (Å²) in [6.07, 6.45) is 4.78. The minimum Gasteiger partial charge on any atom is -0.463 e. The second-order valence-corrected chi connectivity index (χ2v) is 15.7. The maximum atomic E-state index is 11.5. The van der Waals surface area contributed by atoms with Crippen LogP contribution >= 0.6 is 0 Å². The lowest BCUT2D eigenvalue weighted by Gasteiger charge is -2.36. The number of carbonyl (C=O) groups is 1. The first-order valence-corrected chi connectivity index (χ1v) is 18.0. The number of carbonyl (C=O) groups excluding carboxylic acids is 1. The van der Waals surface area contributed by atoms with Gasteiger partial charge in [0.05, 0.1) is 99.1 Å². The lowest BCUT2D eigenvalue weighted by molar-refractivity contribution is -0.145. The highest BCUT2D eigenvalue weighted by atomic mass is 28.4. The van der Waals surface area contributed by atoms with E-state index in [1.165, 1.54) is 0 Å². The summed E-state index contributed by atoms with van der Waals surface area (Å²) in [4.78, 5) is 11.5. The van der Waals surface area contributed by atoms with Gasteiger partial charge in [-0.15, -0.1) is 0 Å². The van der Waals surface area contributed by atoms with Crippen molar-refractivity contribution in [3.8, 4) is 0 Å². The Hall–Kier alpha value is -0.633. The molecule has 0 bridgehead atoms. The Bertz CT molecular complexity index is 557. The van der Waals surface area contributed by atoms with Gasteiger partial charge in [-0.3, -0.25) is 4.79 Å². The summed E-state index contributed by atoms with van der Waals surface area (Å²) < 4.78 is 49.5. The summed E-state index contributed by atoms with van der Waals surface area (Å²) in [7, 11) is -1.69. The van der Waals surface area contributed by atoms with Crippen molar-refractivity contribution in [1.82, 2.24) is 0 Å². The van der Waals surface area contributed by atoms with Crippen LogP contribution in [0.5, 0.6) is 0 Å². The predicted octanol–water partition coefficient (Wildman–Crippen LogP) is 4.64. The highest BCUT2D eigenvalue weighted by Gasteiger charge is 2.36. The SMILES string of the molecule is CCCCCCC(=O)OCCOCCOCCOCCOCCOCCOCCOCCO[Si](C)(C)C(C)(C)C. The van der Waals surface area contributed by atoms with Gasteiger partial charge in [-0.2, -0.15) is 0 Å². The molecule has 0 radical (unpaired) electrons. The van der Waals surface area contributed by atoms with Gasteiger partial charge in [0.1, 0.15) is 6.61 Å². The van der Waals surface area contributed by atoms with Crippen molar-refractivity contribution in [1.29, 1.82) is 0 Å². The number of hydrogen-bond acceptors (Lipinski definition) is 10. The monoisotopic (exact) mass is 596 g/mol. The van der Waals surface area contributed by atoms with E-state index in [9.17, 15) is 4.79 Å². The van der Waals surface area contributed by atoms with Gasteiger partial charge < -0.3 is 42.3 Å². The van der Waals surface area contributed by atoms with Crippen LogP contribution in [-0.4, -0.2) is 120 Å². The maximum Gasteiger partial charge on any atom is 0.305 e. The summed E-state index contributed by atoms with van der Waals surface area (Å²) in [6, 6.07) is 0. The minimum atomic E-state index is -1.69. The van der Waals surface area contributed by atoms with Crippen LogP contribution in [0.4, 0.5) is 0 Å². The van der Waals surface area contributed by atoms with E-state index in [0.717, 1.165) is 25.7 Å². The number of ether oxygens (including phenoxy) is 8. The van der Waals surface area contributed by atoms with Gasteiger partial charge in [0.15, 0.2) is 8.32 Å². The molecule has 0 rings (SSSR count). The quantitative estimate of drug-likeness (QED) is 0.0662. The van der Waals surface area contributed by atoms with Gasteiger partial charge in [-0.25, -0.2) is 0 Å². The third kappa shape index (κ3) is 26.3. The second-order valence-electron chi connectivity index (χ2n) is 10.9. The lowest BCUT2D eigenvalue weighted by Crippen LogP contribution is -2.41. The fourth-order valence-electron chi connectivity index (χ4n) is 2.98. The molecular weight excluding hydrogens is 536 g/mol. The van der Waals surface area contributed by atoms with Gasteiger partial charge in [-0.05, 0) is 24.6 Å². The van der Waals surface area contributed by atoms with Crippen molar-refractivity contribution in [2.75, 3.05) is 106 Å². The third-order valence-electron chi connectivity index (χ3n) is 6.45. The average Bonchev–Trinajstić information content (AvgIpc) is 2.90. The summed E-state index contributed by atoms with van der Waals surface area (Å²) in [5.41, 5.74) is 0. The van der Waals surface area contributed by atoms with Crippen LogP contribution in [0, 0.1) is 0 Å². The van der Waals surface area contributed by atoms with E-state index in [2.05, 4.69) is 40.8 Å². The molecule has 0 atom stereocenters. The molecule has 0 aromatic rings. The van der Waals surface area contributed by atoms with E-state index in [1.807, 2.05) is 0 Å². The van der Waals surface area contributed by atoms with Crippen LogP contribution in [0.15, 0.2) is 0 Å². The zero-order valence-electron chi connectivity index (χ0n) is 26.4. The predicted molar refractivity (Wildman–Crippen MR) is 159 cm³/mol. The Kier molecular flexibility index (Phi) is 26.8. The number of rotatable bonds is 30. The van der Waals surface area contributed by atoms with E-state index in [4.69, 9.17) is 42.3 Å². The summed E-state index contributed by atoms with van der Waals surface area (Å²) in [5, 5.41) is 0.219. The topological polar surface area (TPSA) is 100 Å². The van der Waals surface area contributed by atoms with Gasteiger partial charge in [0, 0.05) is 6.42 Å². The molecule has 0 N–H and O–H groups in total. The molecule has 0 aromatic carbocycles. The highest BCUT2D eigenvalue weighted by Crippen LogP contribution is 2.36. The maximum absolute atomic E-state index is 11.5. The van der Waals surface area contributed by atoms with Crippen molar-refractivity contribution < 1.29 is 47.1 Å². The molecule has 0 aliphatic rings. The summed E-state index contributed by atoms with van der Waals surface area (Å²) >= 11 is 0. The van der Waals surface area contributed by atoms with Crippen molar-refractivity contribution in [3.63, 3.8) is 0 Å². The molecule has 0 saturated carbocycles. The van der Waals surface area contributed by atoms with E-state index in [-0.39, 0.29) is 11.0 Å². The van der Waals surface area contributed by atoms with Crippen LogP contribution in [-0.2, 0) is 47.1 Å². The molecule has 0 aliphatic heterocycles. The third-order valence-corrected chi connectivity index (χ3v) is 11.0. The minimum absolute atomic E-state index is 0.147. The molecular formula is C29H60O10Si. The van der Waals surface area contributed by atoms with E-state index in [0.29, 0.717) is 112 Å². The van der Waals surface area contributed by atoms with E-state index >= 15 is 0 Å². The van der Waals surface area contributed by atoms with Crippen LogP contribution in [0.25, 0.3) is 0 Å². The van der Waals surface area contributed by atoms with Crippen LogP contribution < -0.4 is 0 Å². The highest BCUT2D eigenvalue weighted by molar-refractivity contribution is 6.74. The normalized spacial score (nSPS) is 12.2. The van der Waals surface area contributed by atoms with Crippen LogP contribution in [0.3, 0.4) is 0 Å². The van der Waals surface area contributed by atoms with Gasteiger partial charge in [-0.1, -0.05) is 47.0 Å². The molecule has 0 aliphatic carbocycles. The first kappa shape index (κ1) is 39.4. The first-order valence-electron chi connectivity index (χ1n) is 15.0. The first-order chi connectivity index (χ1) is 19.2. The Morgan fingerprint density at radius 2 is 0.875 bits per heavy atom. The summed E-state index contributed by atoms with van der Waals surface area (Å²) in [5.74, 6) is -0.147. The average molecular weight is 597 g/mol. The smallest absolute Gasteiger partial charge is 0.305 e. The van der Waals surface area contributed by atoms with Crippen molar-refractivity contribution in [2.24, 2.45) is 0 Å². The number of esters is 1. The Labute approximate surface area is 245 Å². The molecule has 0 saturated heterocycles. The molecule has 40 heavy (non-hydrogen) atoms. The lowest BCUT2D eigenvalue weighted by atomic mass is 10.2. The van der Waals surface area contributed by atoms with E-state index in [1.54, 1.807) is 0 Å². The largest absolute Gasteiger partial charge is 0.463 e. The molecule has 0 heterocycles. The number of hydrogen-bond donors (Lipinski definition) is 0. The molecule has 0 aromatic heterocycles. The van der Waals surface area contributed by atoms with Gasteiger partial charge in [0.2, 0.25) is 0 Å². The Morgan fingerprint density at radius 3 is 1.23 bits per heavy atom. The molecule has 0 spiro atoms. The molecule has 10 nitrogen and oxygen atoms in total. The van der Waals surface area contributed by atoms with Gasteiger partial charge >= 0.3 is 5.97 Å².